The van der Waals surface area contributed by atoms with Gasteiger partial charge in [0.1, 0.15) is 0 Å². The number of nitrogens with zero attached hydrogens (tertiary/aromatic N) is 1. The first-order valence-corrected chi connectivity index (χ1v) is 7.48. The normalized spacial score (nSPS) is 20.3. The van der Waals surface area contributed by atoms with E-state index in [9.17, 15) is 4.79 Å². The smallest absolute Gasteiger partial charge is 0.224 e. The van der Waals surface area contributed by atoms with Gasteiger partial charge in [0.2, 0.25) is 5.91 Å². The lowest BCUT2D eigenvalue weighted by molar-refractivity contribution is -0.122. The molecule has 1 heterocycles. The van der Waals surface area contributed by atoms with Crippen molar-refractivity contribution >= 4 is 17.5 Å². The number of aryl methyl sites for hydroxylation is 2. The highest BCUT2D eigenvalue weighted by Gasteiger charge is 2.44. The summed E-state index contributed by atoms with van der Waals surface area (Å²) < 4.78 is 0. The molecular weight excluding hydrogens is 286 g/mol. The molecule has 0 spiro atoms. The Hall–Kier alpha value is -1.81. The number of aromatic amines is 1. The number of aromatic nitrogens is 2. The Kier molecular flexibility index (Phi) is 3.72. The Bertz CT molecular complexity index is 660. The molecule has 2 aromatic rings. The highest BCUT2D eigenvalue weighted by Crippen LogP contribution is 2.49. The van der Waals surface area contributed by atoms with Crippen LogP contribution in [0.3, 0.4) is 0 Å². The third kappa shape index (κ3) is 2.81. The molecule has 0 saturated heterocycles. The number of amides is 1. The second kappa shape index (κ2) is 5.53. The minimum Gasteiger partial charge on any atom is -0.352 e. The molecule has 1 aliphatic rings. The first kappa shape index (κ1) is 14.1. The maximum Gasteiger partial charge on any atom is 0.224 e. The number of carbonyl (C=O) groups is 1. The fraction of sp³-hybridized carbons (Fsp3) is 0.375. The van der Waals surface area contributed by atoms with Crippen molar-refractivity contribution < 1.29 is 4.79 Å². The number of H-pyrrole nitrogens is 1. The van der Waals surface area contributed by atoms with Crippen LogP contribution in [0, 0.1) is 19.8 Å². The molecule has 2 atom stereocenters. The largest absolute Gasteiger partial charge is 0.352 e. The molecule has 1 amide bonds. The van der Waals surface area contributed by atoms with Crippen LogP contribution < -0.4 is 5.32 Å². The Morgan fingerprint density at radius 3 is 2.86 bits per heavy atom. The van der Waals surface area contributed by atoms with Crippen molar-refractivity contribution in [2.24, 2.45) is 5.92 Å². The van der Waals surface area contributed by atoms with Gasteiger partial charge in [0.15, 0.2) is 0 Å². The first-order valence-electron chi connectivity index (χ1n) is 7.10. The van der Waals surface area contributed by atoms with Gasteiger partial charge >= 0.3 is 0 Å². The van der Waals surface area contributed by atoms with E-state index in [1.165, 1.54) is 0 Å². The lowest BCUT2D eigenvalue weighted by atomic mass is 10.1. The zero-order valence-electron chi connectivity index (χ0n) is 12.1. The molecule has 1 aliphatic carbocycles. The van der Waals surface area contributed by atoms with Crippen molar-refractivity contribution in [2.75, 3.05) is 0 Å². The van der Waals surface area contributed by atoms with Gasteiger partial charge in [-0.05, 0) is 37.8 Å². The summed E-state index contributed by atoms with van der Waals surface area (Å²) in [6.07, 6.45) is 0.874. The lowest BCUT2D eigenvalue weighted by Crippen LogP contribution is -2.25. The van der Waals surface area contributed by atoms with Crippen LogP contribution in [0.25, 0.3) is 0 Å². The van der Waals surface area contributed by atoms with Gasteiger partial charge in [-0.2, -0.15) is 5.10 Å². The molecule has 0 aliphatic heterocycles. The molecule has 3 rings (SSSR count). The van der Waals surface area contributed by atoms with E-state index in [1.54, 1.807) is 0 Å². The Morgan fingerprint density at radius 2 is 2.19 bits per heavy atom. The zero-order chi connectivity index (χ0) is 15.0. The van der Waals surface area contributed by atoms with Crippen molar-refractivity contribution in [1.29, 1.82) is 0 Å². The number of benzene rings is 1. The predicted octanol–water partition coefficient (Wildman–Crippen LogP) is 3.10. The number of hydrogen-bond donors (Lipinski definition) is 2. The van der Waals surface area contributed by atoms with E-state index in [0.29, 0.717) is 6.54 Å². The van der Waals surface area contributed by atoms with E-state index in [-0.39, 0.29) is 17.7 Å². The van der Waals surface area contributed by atoms with E-state index in [4.69, 9.17) is 11.6 Å². The van der Waals surface area contributed by atoms with Crippen molar-refractivity contribution in [2.45, 2.75) is 32.7 Å². The van der Waals surface area contributed by atoms with Crippen LogP contribution in [-0.4, -0.2) is 16.1 Å². The molecule has 2 unspecified atom stereocenters. The average molecular weight is 304 g/mol. The lowest BCUT2D eigenvalue weighted by Gasteiger charge is -2.06. The van der Waals surface area contributed by atoms with Gasteiger partial charge in [0.05, 0.1) is 5.69 Å². The minimum absolute atomic E-state index is 0.0393. The van der Waals surface area contributed by atoms with Gasteiger partial charge in [-0.15, -0.1) is 0 Å². The third-order valence-electron chi connectivity index (χ3n) is 4.15. The summed E-state index contributed by atoms with van der Waals surface area (Å²) in [5.41, 5.74) is 4.09. The summed E-state index contributed by atoms with van der Waals surface area (Å²) in [5, 5.41) is 10.8. The molecule has 1 aromatic carbocycles. The van der Waals surface area contributed by atoms with Crippen LogP contribution in [0.5, 0.6) is 0 Å². The maximum atomic E-state index is 12.2. The minimum atomic E-state index is 0.0393. The summed E-state index contributed by atoms with van der Waals surface area (Å²) in [5.74, 6) is 0.391. The Balaban J connectivity index is 1.60. The van der Waals surface area contributed by atoms with Gasteiger partial charge < -0.3 is 5.32 Å². The van der Waals surface area contributed by atoms with Crippen LogP contribution in [0.15, 0.2) is 24.3 Å². The summed E-state index contributed by atoms with van der Waals surface area (Å²) in [6.45, 7) is 4.43. The number of nitrogens with one attached hydrogen (secondary N) is 2. The number of halogens is 1. The fourth-order valence-electron chi connectivity index (χ4n) is 2.75. The third-order valence-corrected chi connectivity index (χ3v) is 4.50. The van der Waals surface area contributed by atoms with Crippen molar-refractivity contribution in [1.82, 2.24) is 15.5 Å². The molecule has 2 N–H and O–H groups in total. The summed E-state index contributed by atoms with van der Waals surface area (Å²) >= 11 is 6.18. The van der Waals surface area contributed by atoms with Crippen molar-refractivity contribution in [3.8, 4) is 0 Å². The Labute approximate surface area is 128 Å². The standard InChI is InChI=1S/C16H18ClN3O/c1-9-14(10(2)20-19-9)8-18-16(21)13-7-12(13)11-5-3-4-6-15(11)17/h3-6,12-13H,7-8H2,1-2H3,(H,18,21)(H,19,20). The van der Waals surface area contributed by atoms with Crippen LogP contribution in [0.1, 0.15) is 34.9 Å². The van der Waals surface area contributed by atoms with E-state index < -0.39 is 0 Å². The van der Waals surface area contributed by atoms with Gasteiger partial charge in [0, 0.05) is 28.7 Å². The second-order valence-electron chi connectivity index (χ2n) is 5.60. The van der Waals surface area contributed by atoms with E-state index >= 15 is 0 Å². The molecular formula is C16H18ClN3O. The average Bonchev–Trinajstić information content (AvgIpc) is 3.19. The SMILES string of the molecule is Cc1n[nH]c(C)c1CNC(=O)C1CC1c1ccccc1Cl. The summed E-state index contributed by atoms with van der Waals surface area (Å²) in [4.78, 5) is 12.2. The number of carbonyl (C=O) groups excluding carboxylic acids is 1. The molecule has 0 radical (unpaired) electrons. The van der Waals surface area contributed by atoms with Gasteiger partial charge in [-0.1, -0.05) is 29.8 Å². The highest BCUT2D eigenvalue weighted by atomic mass is 35.5. The number of rotatable bonds is 4. The van der Waals surface area contributed by atoms with Crippen LogP contribution >= 0.6 is 11.6 Å². The van der Waals surface area contributed by atoms with Gasteiger partial charge in [-0.25, -0.2) is 0 Å². The molecule has 1 saturated carbocycles. The van der Waals surface area contributed by atoms with Crippen molar-refractivity contribution in [3.05, 3.63) is 51.8 Å². The highest BCUT2D eigenvalue weighted by molar-refractivity contribution is 6.31. The number of hydrogen-bond acceptors (Lipinski definition) is 2. The van der Waals surface area contributed by atoms with Crippen LogP contribution in [0.2, 0.25) is 5.02 Å². The summed E-state index contributed by atoms with van der Waals surface area (Å²) in [6, 6.07) is 7.76. The molecule has 5 heteroatoms. The monoisotopic (exact) mass is 303 g/mol. The quantitative estimate of drug-likeness (QED) is 0.912. The van der Waals surface area contributed by atoms with Gasteiger partial charge in [-0.3, -0.25) is 9.89 Å². The molecule has 1 fully saturated rings. The van der Waals surface area contributed by atoms with E-state index in [0.717, 1.165) is 34.0 Å². The first-order chi connectivity index (χ1) is 10.1. The topological polar surface area (TPSA) is 57.8 Å². The molecule has 21 heavy (non-hydrogen) atoms. The van der Waals surface area contributed by atoms with Gasteiger partial charge in [0.25, 0.3) is 0 Å². The maximum absolute atomic E-state index is 12.2. The van der Waals surface area contributed by atoms with E-state index in [1.807, 2.05) is 38.1 Å². The molecule has 1 aromatic heterocycles. The Morgan fingerprint density at radius 1 is 1.43 bits per heavy atom. The summed E-state index contributed by atoms with van der Waals surface area (Å²) in [7, 11) is 0. The van der Waals surface area contributed by atoms with Crippen LogP contribution in [0.4, 0.5) is 0 Å². The zero-order valence-corrected chi connectivity index (χ0v) is 12.9. The van der Waals surface area contributed by atoms with E-state index in [2.05, 4.69) is 15.5 Å². The predicted molar refractivity (Wildman–Crippen MR) is 82.2 cm³/mol. The molecule has 4 nitrogen and oxygen atoms in total. The molecule has 110 valence electrons. The van der Waals surface area contributed by atoms with Crippen LogP contribution in [-0.2, 0) is 11.3 Å². The fourth-order valence-corrected chi connectivity index (χ4v) is 3.02. The molecule has 0 bridgehead atoms. The van der Waals surface area contributed by atoms with Crippen molar-refractivity contribution in [3.63, 3.8) is 0 Å². The second-order valence-corrected chi connectivity index (χ2v) is 6.01.